The van der Waals surface area contributed by atoms with E-state index in [-0.39, 0.29) is 12.1 Å². The Morgan fingerprint density at radius 3 is 1.56 bits per heavy atom. The molecule has 4 aromatic rings. The Morgan fingerprint density at radius 1 is 0.676 bits per heavy atom. The predicted molar refractivity (Wildman–Crippen MR) is 126 cm³/mol. The van der Waals surface area contributed by atoms with Crippen molar-refractivity contribution < 1.29 is 18.4 Å². The van der Waals surface area contributed by atoms with Crippen molar-refractivity contribution >= 4 is 45.6 Å². The third kappa shape index (κ3) is 6.06. The fourth-order valence-electron chi connectivity index (χ4n) is 3.40. The number of unbranched alkanes of at least 4 members (excludes halogenated alkanes) is 3. The van der Waals surface area contributed by atoms with Gasteiger partial charge in [0, 0.05) is 36.6 Å². The Kier molecular flexibility index (Phi) is 6.96. The highest BCUT2D eigenvalue weighted by atomic mass is 16.4. The second-order valence-corrected chi connectivity index (χ2v) is 7.63. The number of rotatable bonds is 9. The lowest BCUT2D eigenvalue weighted by molar-refractivity contribution is 0.250. The lowest BCUT2D eigenvalue weighted by Gasteiger charge is -2.08. The molecule has 2 aromatic carbocycles. The van der Waals surface area contributed by atoms with Crippen molar-refractivity contribution in [2.24, 2.45) is 0 Å². The molecule has 0 saturated heterocycles. The second kappa shape index (κ2) is 10.4. The highest BCUT2D eigenvalue weighted by Gasteiger charge is 2.07. The van der Waals surface area contributed by atoms with Crippen molar-refractivity contribution in [2.75, 3.05) is 23.7 Å². The molecule has 0 saturated carbocycles. The van der Waals surface area contributed by atoms with Crippen molar-refractivity contribution in [3.05, 3.63) is 57.5 Å². The molecule has 0 bridgehead atoms. The van der Waals surface area contributed by atoms with Gasteiger partial charge < -0.3 is 30.1 Å². The first kappa shape index (κ1) is 22.7. The summed E-state index contributed by atoms with van der Waals surface area (Å²) >= 11 is 0. The highest BCUT2D eigenvalue weighted by Crippen LogP contribution is 2.17. The molecule has 0 aliphatic rings. The third-order valence-electron chi connectivity index (χ3n) is 5.03. The van der Waals surface area contributed by atoms with Crippen LogP contribution >= 0.6 is 0 Å². The van der Waals surface area contributed by atoms with Gasteiger partial charge in [0.15, 0.2) is 11.2 Å². The molecule has 0 fully saturated rings. The van der Waals surface area contributed by atoms with E-state index in [0.29, 0.717) is 46.7 Å². The zero-order valence-electron chi connectivity index (χ0n) is 18.2. The van der Waals surface area contributed by atoms with Crippen LogP contribution in [0.1, 0.15) is 25.7 Å². The molecule has 12 nitrogen and oxygen atoms in total. The average Bonchev–Trinajstić information content (AvgIpc) is 3.35. The first-order valence-corrected chi connectivity index (χ1v) is 10.8. The summed E-state index contributed by atoms with van der Waals surface area (Å²) in [7, 11) is 0. The maximum atomic E-state index is 12.0. The van der Waals surface area contributed by atoms with E-state index in [2.05, 4.69) is 31.2 Å². The Bertz CT molecular complexity index is 1310. The Morgan fingerprint density at radius 2 is 1.12 bits per heavy atom. The van der Waals surface area contributed by atoms with Gasteiger partial charge in [-0.2, -0.15) is 0 Å². The number of hydrogen-bond donors (Lipinski definition) is 6. The molecule has 2 aromatic heterocycles. The van der Waals surface area contributed by atoms with Crippen LogP contribution in [0, 0.1) is 0 Å². The largest absolute Gasteiger partial charge is 0.417 e. The third-order valence-corrected chi connectivity index (χ3v) is 5.03. The first-order valence-electron chi connectivity index (χ1n) is 10.8. The quantitative estimate of drug-likeness (QED) is 0.206. The number of nitrogens with one attached hydrogen (secondary N) is 6. The van der Waals surface area contributed by atoms with E-state index in [1.54, 1.807) is 36.4 Å². The summed E-state index contributed by atoms with van der Waals surface area (Å²) in [6.45, 7) is 1.03. The van der Waals surface area contributed by atoms with Gasteiger partial charge in [0.2, 0.25) is 0 Å². The molecule has 6 N–H and O–H groups in total. The number of benzene rings is 2. The number of carbonyl (C=O) groups excluding carboxylic acids is 2. The topological polar surface area (TPSA) is 174 Å². The van der Waals surface area contributed by atoms with Gasteiger partial charge in [0.05, 0.1) is 11.0 Å². The lowest BCUT2D eigenvalue weighted by atomic mass is 10.2. The Hall–Kier alpha value is -4.48. The van der Waals surface area contributed by atoms with Crippen molar-refractivity contribution in [3.8, 4) is 0 Å². The number of carbonyl (C=O) groups is 2. The van der Waals surface area contributed by atoms with Crippen LogP contribution < -0.4 is 32.8 Å². The number of H-pyrrole nitrogens is 2. The summed E-state index contributed by atoms with van der Waals surface area (Å²) < 4.78 is 9.94. The van der Waals surface area contributed by atoms with Crippen LogP contribution in [0.15, 0.2) is 54.8 Å². The number of urea groups is 2. The van der Waals surface area contributed by atoms with E-state index < -0.39 is 11.5 Å². The number of aromatic amines is 2. The first-order chi connectivity index (χ1) is 16.5. The van der Waals surface area contributed by atoms with Gasteiger partial charge in [-0.1, -0.05) is 12.8 Å². The number of anilines is 2. The standard InChI is InChI=1S/C22H24N6O6/c29-19(25-13-5-7-15-17(11-13)33-21(31)27-15)23-9-3-1-2-4-10-24-20(30)26-14-6-8-16-18(12-14)34-22(32)28-16/h5-8,11-12H,1-4,9-10H2,(H,27,31)(H,28,32)(H2,23,25,29)(H2,24,26,30). The van der Waals surface area contributed by atoms with Gasteiger partial charge in [-0.05, 0) is 37.1 Å². The van der Waals surface area contributed by atoms with Crippen molar-refractivity contribution in [2.45, 2.75) is 25.7 Å². The molecule has 4 rings (SSSR count). The summed E-state index contributed by atoms with van der Waals surface area (Å²) in [6, 6.07) is 9.13. The van der Waals surface area contributed by atoms with E-state index in [9.17, 15) is 19.2 Å². The predicted octanol–water partition coefficient (Wildman–Crippen LogP) is 3.06. The van der Waals surface area contributed by atoms with E-state index in [4.69, 9.17) is 8.83 Å². The van der Waals surface area contributed by atoms with Crippen LogP contribution in [0.5, 0.6) is 0 Å². The maximum absolute atomic E-state index is 12.0. The van der Waals surface area contributed by atoms with Crippen LogP contribution in [-0.2, 0) is 0 Å². The SMILES string of the molecule is O=C(NCCCCCCNC(=O)Nc1ccc2[nH]c(=O)oc2c1)Nc1ccc2[nH]c(=O)oc2c1. The monoisotopic (exact) mass is 468 g/mol. The second-order valence-electron chi connectivity index (χ2n) is 7.63. The minimum atomic E-state index is -0.543. The minimum Gasteiger partial charge on any atom is -0.408 e. The molecule has 12 heteroatoms. The molecular weight excluding hydrogens is 444 g/mol. The summed E-state index contributed by atoms with van der Waals surface area (Å²) in [6.07, 6.45) is 3.39. The van der Waals surface area contributed by atoms with Crippen LogP contribution in [0.2, 0.25) is 0 Å². The molecule has 0 radical (unpaired) electrons. The molecule has 178 valence electrons. The molecule has 0 aliphatic heterocycles. The van der Waals surface area contributed by atoms with E-state index >= 15 is 0 Å². The smallest absolute Gasteiger partial charge is 0.408 e. The minimum absolute atomic E-state index is 0.340. The van der Waals surface area contributed by atoms with Crippen molar-refractivity contribution in [1.29, 1.82) is 0 Å². The van der Waals surface area contributed by atoms with Crippen LogP contribution in [0.3, 0.4) is 0 Å². The van der Waals surface area contributed by atoms with E-state index in [0.717, 1.165) is 25.7 Å². The van der Waals surface area contributed by atoms with Gasteiger partial charge in [-0.25, -0.2) is 19.2 Å². The fraction of sp³-hybridized carbons (Fsp3) is 0.273. The normalized spacial score (nSPS) is 10.9. The van der Waals surface area contributed by atoms with Crippen molar-refractivity contribution in [1.82, 2.24) is 20.6 Å². The number of oxazole rings is 2. The number of hydrogen-bond acceptors (Lipinski definition) is 6. The molecule has 4 amide bonds. The molecule has 0 atom stereocenters. The summed E-state index contributed by atoms with van der Waals surface area (Å²) in [5.74, 6) is -1.09. The molecular formula is C22H24N6O6. The molecule has 0 aliphatic carbocycles. The zero-order chi connectivity index (χ0) is 23.9. The van der Waals surface area contributed by atoms with E-state index in [1.807, 2.05) is 0 Å². The van der Waals surface area contributed by atoms with E-state index in [1.165, 1.54) is 0 Å². The van der Waals surface area contributed by atoms with Gasteiger partial charge in [0.1, 0.15) is 0 Å². The Balaban J connectivity index is 1.06. The molecule has 0 spiro atoms. The summed E-state index contributed by atoms with van der Waals surface area (Å²) in [4.78, 5) is 51.4. The zero-order valence-corrected chi connectivity index (χ0v) is 18.2. The maximum Gasteiger partial charge on any atom is 0.417 e. The Labute approximate surface area is 192 Å². The van der Waals surface area contributed by atoms with Gasteiger partial charge >= 0.3 is 23.6 Å². The number of fused-ring (bicyclic) bond motifs is 2. The number of aromatic nitrogens is 2. The van der Waals surface area contributed by atoms with Crippen LogP contribution in [-0.4, -0.2) is 35.1 Å². The van der Waals surface area contributed by atoms with Crippen molar-refractivity contribution in [3.63, 3.8) is 0 Å². The van der Waals surface area contributed by atoms with Gasteiger partial charge in [-0.3, -0.25) is 9.97 Å². The number of amides is 4. The van der Waals surface area contributed by atoms with Crippen LogP contribution in [0.25, 0.3) is 22.2 Å². The highest BCUT2D eigenvalue weighted by molar-refractivity contribution is 5.92. The van der Waals surface area contributed by atoms with Crippen LogP contribution in [0.4, 0.5) is 21.0 Å². The molecule has 2 heterocycles. The molecule has 0 unspecified atom stereocenters. The summed E-state index contributed by atoms with van der Waals surface area (Å²) in [5, 5.41) is 10.9. The van der Waals surface area contributed by atoms with Gasteiger partial charge in [-0.15, -0.1) is 0 Å². The summed E-state index contributed by atoms with van der Waals surface area (Å²) in [5.41, 5.74) is 2.93. The van der Waals surface area contributed by atoms with Gasteiger partial charge in [0.25, 0.3) is 0 Å². The average molecular weight is 468 g/mol. The lowest BCUT2D eigenvalue weighted by Crippen LogP contribution is -2.30. The fourth-order valence-corrected chi connectivity index (χ4v) is 3.40. The molecule has 34 heavy (non-hydrogen) atoms.